The van der Waals surface area contributed by atoms with Crippen LogP contribution in [0.15, 0.2) is 48.5 Å². The van der Waals surface area contributed by atoms with Crippen molar-refractivity contribution >= 4 is 17.5 Å². The van der Waals surface area contributed by atoms with E-state index in [0.717, 1.165) is 30.5 Å². The highest BCUT2D eigenvalue weighted by atomic mass is 35.5. The largest absolute Gasteiger partial charge is 0.493 e. The quantitative estimate of drug-likeness (QED) is 0.364. The second kappa shape index (κ2) is 10.2. The minimum Gasteiger partial charge on any atom is -0.493 e. The van der Waals surface area contributed by atoms with Gasteiger partial charge in [0.05, 0.1) is 29.6 Å². The molecule has 38 heavy (non-hydrogen) atoms. The summed E-state index contributed by atoms with van der Waals surface area (Å²) < 4.78 is 62.4. The van der Waals surface area contributed by atoms with E-state index in [1.807, 2.05) is 0 Å². The predicted molar refractivity (Wildman–Crippen MR) is 134 cm³/mol. The SMILES string of the molecule is CC(C)(N)c1cc(-c2ccc(F)c(Cl)c2)nc(C(O)(CNC(=O)c2ccc3c(c2)OCCC3)C(F)(F)F)c1. The molecule has 0 fully saturated rings. The third kappa shape index (κ3) is 5.62. The zero-order valence-corrected chi connectivity index (χ0v) is 21.4. The number of rotatable bonds is 6. The molecule has 0 bridgehead atoms. The zero-order chi connectivity index (χ0) is 27.9. The molecule has 1 aliphatic heterocycles. The van der Waals surface area contributed by atoms with Gasteiger partial charge in [-0.1, -0.05) is 17.7 Å². The fourth-order valence-corrected chi connectivity index (χ4v) is 4.23. The van der Waals surface area contributed by atoms with Crippen molar-refractivity contribution in [2.24, 2.45) is 5.73 Å². The average molecular weight is 552 g/mol. The number of aliphatic hydroxyl groups is 1. The molecule has 4 rings (SSSR count). The van der Waals surface area contributed by atoms with E-state index in [1.54, 1.807) is 19.9 Å². The van der Waals surface area contributed by atoms with Crippen LogP contribution in [-0.2, 0) is 17.6 Å². The molecule has 2 heterocycles. The Bertz CT molecular complexity index is 1370. The first-order chi connectivity index (χ1) is 17.7. The van der Waals surface area contributed by atoms with E-state index in [1.165, 1.54) is 30.3 Å². The summed E-state index contributed by atoms with van der Waals surface area (Å²) in [7, 11) is 0. The van der Waals surface area contributed by atoms with Crippen molar-refractivity contribution in [1.29, 1.82) is 0 Å². The third-order valence-electron chi connectivity index (χ3n) is 6.36. The number of halogens is 5. The molecule has 6 nitrogen and oxygen atoms in total. The minimum absolute atomic E-state index is 0.0150. The molecule has 0 saturated heterocycles. The van der Waals surface area contributed by atoms with Crippen molar-refractivity contribution < 1.29 is 32.2 Å². The van der Waals surface area contributed by atoms with Crippen LogP contribution in [-0.4, -0.2) is 35.3 Å². The number of hydrogen-bond donors (Lipinski definition) is 3. The van der Waals surface area contributed by atoms with E-state index >= 15 is 0 Å². The number of aryl methyl sites for hydroxylation is 1. The first kappa shape index (κ1) is 27.8. The highest BCUT2D eigenvalue weighted by Crippen LogP contribution is 2.40. The number of fused-ring (bicyclic) bond motifs is 1. The lowest BCUT2D eigenvalue weighted by Crippen LogP contribution is -2.51. The number of nitrogens with two attached hydrogens (primary N) is 1. The van der Waals surface area contributed by atoms with Crippen LogP contribution in [0, 0.1) is 5.82 Å². The van der Waals surface area contributed by atoms with E-state index in [4.69, 9.17) is 22.1 Å². The van der Waals surface area contributed by atoms with Crippen LogP contribution < -0.4 is 15.8 Å². The Morgan fingerprint density at radius 1 is 1.16 bits per heavy atom. The van der Waals surface area contributed by atoms with Gasteiger partial charge in [-0.15, -0.1) is 0 Å². The van der Waals surface area contributed by atoms with Crippen LogP contribution in [0.3, 0.4) is 0 Å². The van der Waals surface area contributed by atoms with Gasteiger partial charge in [-0.2, -0.15) is 13.2 Å². The molecule has 1 atom stereocenters. The molecule has 0 aliphatic carbocycles. The summed E-state index contributed by atoms with van der Waals surface area (Å²) in [6, 6.07) is 10.7. The molecule has 2 aromatic carbocycles. The number of carbonyl (C=O) groups is 1. The fraction of sp³-hybridized carbons (Fsp3) is 0.333. The summed E-state index contributed by atoms with van der Waals surface area (Å²) in [5.74, 6) is -1.05. The molecule has 202 valence electrons. The molecule has 0 radical (unpaired) electrons. The first-order valence-electron chi connectivity index (χ1n) is 11.8. The zero-order valence-electron chi connectivity index (χ0n) is 20.6. The van der Waals surface area contributed by atoms with Crippen molar-refractivity contribution in [2.75, 3.05) is 13.2 Å². The fourth-order valence-electron chi connectivity index (χ4n) is 4.05. The van der Waals surface area contributed by atoms with Crippen molar-refractivity contribution in [3.05, 3.63) is 81.8 Å². The number of benzene rings is 2. The summed E-state index contributed by atoms with van der Waals surface area (Å²) in [6.45, 7) is 2.39. The highest BCUT2D eigenvalue weighted by Gasteiger charge is 2.56. The maximum atomic E-state index is 14.4. The lowest BCUT2D eigenvalue weighted by Gasteiger charge is -2.32. The Morgan fingerprint density at radius 3 is 2.55 bits per heavy atom. The van der Waals surface area contributed by atoms with Crippen LogP contribution >= 0.6 is 11.6 Å². The molecule has 4 N–H and O–H groups in total. The molecule has 1 amide bonds. The molecule has 11 heteroatoms. The number of nitrogens with one attached hydrogen (secondary N) is 1. The predicted octanol–water partition coefficient (Wildman–Crippen LogP) is 5.24. The highest BCUT2D eigenvalue weighted by molar-refractivity contribution is 6.31. The normalized spacial score (nSPS) is 15.3. The average Bonchev–Trinajstić information content (AvgIpc) is 2.86. The van der Waals surface area contributed by atoms with E-state index in [9.17, 15) is 27.5 Å². The summed E-state index contributed by atoms with van der Waals surface area (Å²) in [5, 5.41) is 12.9. The van der Waals surface area contributed by atoms with Gasteiger partial charge in [0.2, 0.25) is 5.60 Å². The summed E-state index contributed by atoms with van der Waals surface area (Å²) >= 11 is 5.87. The number of hydrogen-bond acceptors (Lipinski definition) is 5. The third-order valence-corrected chi connectivity index (χ3v) is 6.65. The van der Waals surface area contributed by atoms with Crippen LogP contribution in [0.25, 0.3) is 11.3 Å². The first-order valence-corrected chi connectivity index (χ1v) is 12.2. The van der Waals surface area contributed by atoms with Crippen LogP contribution in [0.5, 0.6) is 5.75 Å². The van der Waals surface area contributed by atoms with E-state index in [-0.39, 0.29) is 27.4 Å². The molecule has 1 unspecified atom stereocenters. The topological polar surface area (TPSA) is 97.5 Å². The standard InChI is InChI=1S/C27H26ClF4N3O3/c1-25(2,33)18-12-21(16-7-8-20(29)19(28)10-16)35-23(13-18)26(37,27(30,31)32)14-34-24(36)17-6-5-15-4-3-9-38-22(15)11-17/h5-8,10-13,37H,3-4,9,14,33H2,1-2H3,(H,34,36). The van der Waals surface area contributed by atoms with Crippen molar-refractivity contribution in [1.82, 2.24) is 10.3 Å². The summed E-state index contributed by atoms with van der Waals surface area (Å²) in [6.07, 6.45) is -3.64. The van der Waals surface area contributed by atoms with Gasteiger partial charge in [0, 0.05) is 16.7 Å². The maximum absolute atomic E-state index is 14.4. The van der Waals surface area contributed by atoms with Crippen molar-refractivity contribution in [3.8, 4) is 17.0 Å². The Labute approximate surface area is 221 Å². The van der Waals surface area contributed by atoms with Crippen molar-refractivity contribution in [2.45, 2.75) is 44.0 Å². The Morgan fingerprint density at radius 2 is 1.89 bits per heavy atom. The molecular weight excluding hydrogens is 526 g/mol. The van der Waals surface area contributed by atoms with Crippen molar-refractivity contribution in [3.63, 3.8) is 0 Å². The number of aromatic nitrogens is 1. The second-order valence-electron chi connectivity index (χ2n) is 9.79. The van der Waals surface area contributed by atoms with Gasteiger partial charge in [0.25, 0.3) is 5.91 Å². The van der Waals surface area contributed by atoms with Crippen LogP contribution in [0.1, 0.15) is 47.4 Å². The smallest absolute Gasteiger partial charge is 0.424 e. The monoisotopic (exact) mass is 551 g/mol. The Kier molecular flexibility index (Phi) is 7.44. The molecule has 1 aliphatic rings. The van der Waals surface area contributed by atoms with Gasteiger partial charge in [-0.25, -0.2) is 9.37 Å². The van der Waals surface area contributed by atoms with E-state index in [2.05, 4.69) is 10.3 Å². The Balaban J connectivity index is 1.72. The molecule has 0 saturated carbocycles. The number of ether oxygens (including phenoxy) is 1. The van der Waals surface area contributed by atoms with Gasteiger partial charge in [0.1, 0.15) is 11.6 Å². The number of pyridine rings is 1. The van der Waals surface area contributed by atoms with Crippen LogP contribution in [0.2, 0.25) is 5.02 Å². The Hall–Kier alpha value is -3.21. The molecule has 0 spiro atoms. The van der Waals surface area contributed by atoms with Gasteiger partial charge in [-0.3, -0.25) is 4.79 Å². The summed E-state index contributed by atoms with van der Waals surface area (Å²) in [4.78, 5) is 16.8. The number of nitrogens with zero attached hydrogens (tertiary/aromatic N) is 1. The lowest BCUT2D eigenvalue weighted by molar-refractivity contribution is -0.265. The van der Waals surface area contributed by atoms with Gasteiger partial charge in [-0.05, 0) is 80.3 Å². The number of carbonyl (C=O) groups excluding carboxylic acids is 1. The number of alkyl halides is 3. The summed E-state index contributed by atoms with van der Waals surface area (Å²) in [5.41, 5.74) is 2.09. The number of amides is 1. The van der Waals surface area contributed by atoms with Gasteiger partial charge in [0.15, 0.2) is 0 Å². The minimum atomic E-state index is -5.23. The molecular formula is C27H26ClF4N3O3. The molecule has 3 aromatic rings. The maximum Gasteiger partial charge on any atom is 0.424 e. The lowest BCUT2D eigenvalue weighted by atomic mass is 9.89. The van der Waals surface area contributed by atoms with E-state index < -0.39 is 41.3 Å². The van der Waals surface area contributed by atoms with E-state index in [0.29, 0.717) is 12.4 Å². The van der Waals surface area contributed by atoms with Gasteiger partial charge < -0.3 is 20.9 Å². The second-order valence-corrected chi connectivity index (χ2v) is 10.2. The van der Waals surface area contributed by atoms with Crippen LogP contribution in [0.4, 0.5) is 17.6 Å². The molecule has 1 aromatic heterocycles. The van der Waals surface area contributed by atoms with Gasteiger partial charge >= 0.3 is 6.18 Å².